The van der Waals surface area contributed by atoms with Gasteiger partial charge in [0.1, 0.15) is 11.5 Å². The van der Waals surface area contributed by atoms with Gasteiger partial charge in [-0.2, -0.15) is 0 Å². The van der Waals surface area contributed by atoms with Crippen molar-refractivity contribution in [2.75, 3.05) is 6.61 Å². The van der Waals surface area contributed by atoms with Gasteiger partial charge in [-0.3, -0.25) is 14.9 Å². The molecule has 1 amide bonds. The van der Waals surface area contributed by atoms with Gasteiger partial charge in [0.15, 0.2) is 6.61 Å². The van der Waals surface area contributed by atoms with Crippen molar-refractivity contribution in [1.82, 2.24) is 5.32 Å². The molecule has 1 aromatic heterocycles. The number of nitrogens with one attached hydrogen (secondary N) is 1. The zero-order valence-electron chi connectivity index (χ0n) is 14.5. The van der Waals surface area contributed by atoms with Crippen LogP contribution in [0.25, 0.3) is 0 Å². The first kappa shape index (κ1) is 18.2. The Balaban J connectivity index is 1.67. The lowest BCUT2D eigenvalue weighted by molar-refractivity contribution is -0.384. The van der Waals surface area contributed by atoms with E-state index >= 15 is 0 Å². The first-order valence-electron chi connectivity index (χ1n) is 8.35. The average Bonchev–Trinajstić information content (AvgIpc) is 3.19. The van der Waals surface area contributed by atoms with Crippen molar-refractivity contribution in [3.8, 4) is 5.75 Å². The third kappa shape index (κ3) is 5.18. The molecule has 138 valence electrons. The first-order chi connectivity index (χ1) is 13.1. The summed E-state index contributed by atoms with van der Waals surface area (Å²) in [6.45, 7) is 0.0760. The Bertz CT molecular complexity index is 907. The summed E-state index contributed by atoms with van der Waals surface area (Å²) in [6, 6.07) is 17.4. The molecule has 0 aliphatic rings. The molecule has 27 heavy (non-hydrogen) atoms. The number of rotatable bonds is 8. The number of hydrogen-bond acceptors (Lipinski definition) is 5. The molecule has 2 aromatic carbocycles. The van der Waals surface area contributed by atoms with Gasteiger partial charge >= 0.3 is 0 Å². The van der Waals surface area contributed by atoms with E-state index in [2.05, 4.69) is 5.32 Å². The second-order valence-electron chi connectivity index (χ2n) is 5.86. The van der Waals surface area contributed by atoms with Gasteiger partial charge in [-0.25, -0.2) is 0 Å². The van der Waals surface area contributed by atoms with Gasteiger partial charge in [0.25, 0.3) is 11.6 Å². The number of hydrogen-bond donors (Lipinski definition) is 1. The number of ether oxygens (including phenoxy) is 1. The molecule has 7 nitrogen and oxygen atoms in total. The molecule has 0 bridgehead atoms. The van der Waals surface area contributed by atoms with Crippen LogP contribution in [0.3, 0.4) is 0 Å². The van der Waals surface area contributed by atoms with Crippen LogP contribution in [0.5, 0.6) is 5.75 Å². The summed E-state index contributed by atoms with van der Waals surface area (Å²) in [5.41, 5.74) is 1.62. The molecule has 0 saturated heterocycles. The lowest BCUT2D eigenvalue weighted by Gasteiger charge is -2.12. The Morgan fingerprint density at radius 2 is 1.93 bits per heavy atom. The molecule has 0 saturated carbocycles. The van der Waals surface area contributed by atoms with Gasteiger partial charge in [-0.1, -0.05) is 30.3 Å². The minimum absolute atomic E-state index is 0.0180. The van der Waals surface area contributed by atoms with Gasteiger partial charge in [-0.15, -0.1) is 0 Å². The van der Waals surface area contributed by atoms with Crippen LogP contribution in [0.15, 0.2) is 71.3 Å². The highest BCUT2D eigenvalue weighted by molar-refractivity contribution is 5.77. The standard InChI is InChI=1S/C20H18N2O5/c23-20(21-13-18-7-4-10-26-18)14-27-19-9-8-17(22(24)25)12-16(19)11-15-5-2-1-3-6-15/h1-10,12H,11,13-14H2,(H,21,23). The highest BCUT2D eigenvalue weighted by Gasteiger charge is 2.14. The minimum Gasteiger partial charge on any atom is -0.483 e. The molecular weight excluding hydrogens is 348 g/mol. The number of furan rings is 1. The van der Waals surface area contributed by atoms with E-state index in [1.807, 2.05) is 30.3 Å². The van der Waals surface area contributed by atoms with Crippen molar-refractivity contribution < 1.29 is 18.9 Å². The Morgan fingerprint density at radius 1 is 1.11 bits per heavy atom. The summed E-state index contributed by atoms with van der Waals surface area (Å²) in [5.74, 6) is 0.775. The SMILES string of the molecule is O=C(COc1ccc([N+](=O)[O-])cc1Cc1ccccc1)NCc1ccco1. The van der Waals surface area contributed by atoms with Gasteiger partial charge < -0.3 is 14.5 Å². The van der Waals surface area contributed by atoms with Crippen molar-refractivity contribution in [3.05, 3.63) is 93.9 Å². The molecule has 0 atom stereocenters. The average molecular weight is 366 g/mol. The minimum atomic E-state index is -0.450. The predicted molar refractivity (Wildman–Crippen MR) is 98.4 cm³/mol. The highest BCUT2D eigenvalue weighted by Crippen LogP contribution is 2.26. The van der Waals surface area contributed by atoms with Crippen LogP contribution >= 0.6 is 0 Å². The van der Waals surface area contributed by atoms with Crippen LogP contribution in [0.1, 0.15) is 16.9 Å². The zero-order chi connectivity index (χ0) is 19.1. The number of nitro benzene ring substituents is 1. The Morgan fingerprint density at radius 3 is 2.63 bits per heavy atom. The van der Waals surface area contributed by atoms with E-state index in [4.69, 9.17) is 9.15 Å². The van der Waals surface area contributed by atoms with Crippen molar-refractivity contribution in [1.29, 1.82) is 0 Å². The molecule has 0 radical (unpaired) electrons. The first-order valence-corrected chi connectivity index (χ1v) is 8.35. The van der Waals surface area contributed by atoms with Crippen LogP contribution in [0.2, 0.25) is 0 Å². The van der Waals surface area contributed by atoms with Gasteiger partial charge in [0, 0.05) is 24.1 Å². The number of carbonyl (C=O) groups excluding carboxylic acids is 1. The predicted octanol–water partition coefficient (Wildman–Crippen LogP) is 3.47. The number of benzene rings is 2. The number of nitro groups is 1. The highest BCUT2D eigenvalue weighted by atomic mass is 16.6. The summed E-state index contributed by atoms with van der Waals surface area (Å²) in [4.78, 5) is 22.6. The lowest BCUT2D eigenvalue weighted by Crippen LogP contribution is -2.28. The summed E-state index contributed by atoms with van der Waals surface area (Å²) >= 11 is 0. The van der Waals surface area contributed by atoms with Crippen LogP contribution in [0, 0.1) is 10.1 Å². The second kappa shape index (κ2) is 8.66. The fourth-order valence-electron chi connectivity index (χ4n) is 2.57. The van der Waals surface area contributed by atoms with Crippen LogP contribution in [-0.2, 0) is 17.8 Å². The molecule has 0 spiro atoms. The lowest BCUT2D eigenvalue weighted by atomic mass is 10.0. The monoisotopic (exact) mass is 366 g/mol. The van der Waals surface area contributed by atoms with Crippen LogP contribution < -0.4 is 10.1 Å². The molecule has 1 heterocycles. The van der Waals surface area contributed by atoms with Crippen molar-refractivity contribution in [3.63, 3.8) is 0 Å². The summed E-state index contributed by atoms with van der Waals surface area (Å²) in [7, 11) is 0. The molecule has 1 N–H and O–H groups in total. The van der Waals surface area contributed by atoms with Crippen molar-refractivity contribution in [2.24, 2.45) is 0 Å². The summed E-state index contributed by atoms with van der Waals surface area (Å²) in [5, 5.41) is 13.8. The van der Waals surface area contributed by atoms with E-state index in [0.29, 0.717) is 23.5 Å². The molecular formula is C20H18N2O5. The zero-order valence-corrected chi connectivity index (χ0v) is 14.5. The third-order valence-corrected chi connectivity index (χ3v) is 3.89. The second-order valence-corrected chi connectivity index (χ2v) is 5.86. The summed E-state index contributed by atoms with van der Waals surface area (Å²) < 4.78 is 10.8. The summed E-state index contributed by atoms with van der Waals surface area (Å²) in [6.07, 6.45) is 2.00. The fraction of sp³-hybridized carbons (Fsp3) is 0.150. The molecule has 3 aromatic rings. The van der Waals surface area contributed by atoms with Crippen molar-refractivity contribution in [2.45, 2.75) is 13.0 Å². The quantitative estimate of drug-likeness (QED) is 0.486. The van der Waals surface area contributed by atoms with Gasteiger partial charge in [0.05, 0.1) is 17.7 Å². The molecule has 3 rings (SSSR count). The Kier molecular flexibility index (Phi) is 5.84. The van der Waals surface area contributed by atoms with Crippen LogP contribution in [-0.4, -0.2) is 17.4 Å². The molecule has 7 heteroatoms. The molecule has 0 fully saturated rings. The van der Waals surface area contributed by atoms with E-state index in [0.717, 1.165) is 5.56 Å². The topological polar surface area (TPSA) is 94.6 Å². The normalized spacial score (nSPS) is 10.4. The van der Waals surface area contributed by atoms with E-state index in [1.165, 1.54) is 24.5 Å². The van der Waals surface area contributed by atoms with E-state index in [1.54, 1.807) is 12.1 Å². The maximum atomic E-state index is 12.0. The van der Waals surface area contributed by atoms with Gasteiger partial charge in [0.2, 0.25) is 0 Å². The van der Waals surface area contributed by atoms with Crippen LogP contribution in [0.4, 0.5) is 5.69 Å². The number of amides is 1. The van der Waals surface area contributed by atoms with Gasteiger partial charge in [-0.05, 0) is 23.8 Å². The molecule has 0 unspecified atom stereocenters. The number of non-ortho nitro benzene ring substituents is 1. The third-order valence-electron chi connectivity index (χ3n) is 3.89. The maximum Gasteiger partial charge on any atom is 0.269 e. The molecule has 0 aliphatic carbocycles. The Hall–Kier alpha value is -3.61. The maximum absolute atomic E-state index is 12.0. The molecule has 0 aliphatic heterocycles. The van der Waals surface area contributed by atoms with Crippen molar-refractivity contribution >= 4 is 11.6 Å². The smallest absolute Gasteiger partial charge is 0.269 e. The fourth-order valence-corrected chi connectivity index (χ4v) is 2.57. The number of nitrogens with zero attached hydrogens (tertiary/aromatic N) is 1. The number of carbonyl (C=O) groups is 1. The Labute approximate surface area is 155 Å². The van der Waals surface area contributed by atoms with E-state index in [-0.39, 0.29) is 24.7 Å². The van der Waals surface area contributed by atoms with E-state index < -0.39 is 4.92 Å². The van der Waals surface area contributed by atoms with E-state index in [9.17, 15) is 14.9 Å². The largest absolute Gasteiger partial charge is 0.483 e.